The van der Waals surface area contributed by atoms with E-state index in [1.165, 1.54) is 0 Å². The summed E-state index contributed by atoms with van der Waals surface area (Å²) in [6.45, 7) is 1.67. The molecule has 2 unspecified atom stereocenters. The van der Waals surface area contributed by atoms with Crippen molar-refractivity contribution in [1.82, 2.24) is 25.1 Å². The summed E-state index contributed by atoms with van der Waals surface area (Å²) in [5.41, 5.74) is 4.04. The van der Waals surface area contributed by atoms with Crippen LogP contribution in [0.4, 0.5) is 11.6 Å². The number of anilines is 2. The Hall–Kier alpha value is -2.85. The summed E-state index contributed by atoms with van der Waals surface area (Å²) in [7, 11) is 1.84. The largest absolute Gasteiger partial charge is 0.394 e. The highest BCUT2D eigenvalue weighted by Gasteiger charge is 2.12. The van der Waals surface area contributed by atoms with Gasteiger partial charge in [0, 0.05) is 31.5 Å². The van der Waals surface area contributed by atoms with Gasteiger partial charge in [-0.15, -0.1) is 0 Å². The molecule has 9 heteroatoms. The number of aromatic nitrogens is 4. The van der Waals surface area contributed by atoms with Gasteiger partial charge in [0.15, 0.2) is 0 Å². The molecule has 28 heavy (non-hydrogen) atoms. The average Bonchev–Trinajstić information content (AvgIpc) is 3.12. The molecule has 2 heterocycles. The van der Waals surface area contributed by atoms with Crippen LogP contribution in [0.25, 0.3) is 11.3 Å². The van der Waals surface area contributed by atoms with Crippen LogP contribution in [0.15, 0.2) is 42.9 Å². The molecule has 0 saturated carbocycles. The standard InChI is InChI=1S/C19H24N6O3/c1-12-7-21-19(23-15-8-22-25(2)10-15)24-17(12)13-3-5-14(6-4-13)18(28)20-9-16(27)11-26/h3-8,10,16,18,20,26-28H,9,11H2,1-2H3,(H,21,23,24). The van der Waals surface area contributed by atoms with Crippen LogP contribution in [-0.2, 0) is 7.05 Å². The van der Waals surface area contributed by atoms with Crippen LogP contribution in [0.1, 0.15) is 17.4 Å². The van der Waals surface area contributed by atoms with Crippen molar-refractivity contribution in [2.75, 3.05) is 18.5 Å². The minimum absolute atomic E-state index is 0.0911. The minimum Gasteiger partial charge on any atom is -0.394 e. The lowest BCUT2D eigenvalue weighted by Gasteiger charge is -2.16. The Morgan fingerprint density at radius 1 is 1.14 bits per heavy atom. The lowest BCUT2D eigenvalue weighted by molar-refractivity contribution is 0.0669. The summed E-state index contributed by atoms with van der Waals surface area (Å²) in [5, 5.41) is 38.3. The van der Waals surface area contributed by atoms with Gasteiger partial charge in [0.1, 0.15) is 6.23 Å². The van der Waals surface area contributed by atoms with E-state index in [0.717, 1.165) is 22.5 Å². The van der Waals surface area contributed by atoms with Crippen molar-refractivity contribution in [3.8, 4) is 11.3 Å². The number of hydrogen-bond acceptors (Lipinski definition) is 8. The number of nitrogens with one attached hydrogen (secondary N) is 2. The Bertz CT molecular complexity index is 912. The number of aliphatic hydroxyl groups is 3. The third kappa shape index (κ3) is 4.90. The predicted octanol–water partition coefficient (Wildman–Crippen LogP) is 0.863. The van der Waals surface area contributed by atoms with E-state index in [1.807, 2.05) is 32.3 Å². The van der Waals surface area contributed by atoms with Crippen LogP contribution in [0.2, 0.25) is 0 Å². The molecule has 0 radical (unpaired) electrons. The Morgan fingerprint density at radius 2 is 1.89 bits per heavy atom. The second kappa shape index (κ2) is 8.89. The van der Waals surface area contributed by atoms with Gasteiger partial charge < -0.3 is 20.6 Å². The van der Waals surface area contributed by atoms with Crippen LogP contribution in [0, 0.1) is 6.92 Å². The summed E-state index contributed by atoms with van der Waals surface area (Å²) >= 11 is 0. The van der Waals surface area contributed by atoms with Crippen molar-refractivity contribution < 1.29 is 15.3 Å². The molecule has 3 rings (SSSR count). The Morgan fingerprint density at radius 3 is 2.54 bits per heavy atom. The highest BCUT2D eigenvalue weighted by Crippen LogP contribution is 2.24. The first kappa shape index (κ1) is 19.9. The van der Waals surface area contributed by atoms with Crippen molar-refractivity contribution in [3.63, 3.8) is 0 Å². The third-order valence-electron chi connectivity index (χ3n) is 4.19. The van der Waals surface area contributed by atoms with E-state index in [2.05, 4.69) is 25.7 Å². The van der Waals surface area contributed by atoms with Gasteiger partial charge in [-0.05, 0) is 18.1 Å². The highest BCUT2D eigenvalue weighted by molar-refractivity contribution is 5.65. The van der Waals surface area contributed by atoms with E-state index in [-0.39, 0.29) is 13.2 Å². The average molecular weight is 384 g/mol. The van der Waals surface area contributed by atoms with Crippen molar-refractivity contribution in [2.45, 2.75) is 19.3 Å². The molecule has 0 aliphatic heterocycles. The van der Waals surface area contributed by atoms with Gasteiger partial charge in [-0.2, -0.15) is 5.10 Å². The van der Waals surface area contributed by atoms with Crippen molar-refractivity contribution in [2.24, 2.45) is 7.05 Å². The third-order valence-corrected chi connectivity index (χ3v) is 4.19. The molecule has 2 atom stereocenters. The zero-order valence-electron chi connectivity index (χ0n) is 15.7. The van der Waals surface area contributed by atoms with Crippen LogP contribution in [0.5, 0.6) is 0 Å². The number of rotatable bonds is 8. The molecule has 0 saturated heterocycles. The van der Waals surface area contributed by atoms with Crippen LogP contribution >= 0.6 is 0 Å². The Kier molecular flexibility index (Phi) is 6.32. The summed E-state index contributed by atoms with van der Waals surface area (Å²) < 4.78 is 1.69. The number of benzene rings is 1. The maximum Gasteiger partial charge on any atom is 0.227 e. The van der Waals surface area contributed by atoms with Crippen LogP contribution in [0.3, 0.4) is 0 Å². The molecule has 0 spiro atoms. The molecular weight excluding hydrogens is 360 g/mol. The number of nitrogens with zero attached hydrogens (tertiary/aromatic N) is 4. The molecule has 0 amide bonds. The normalized spacial score (nSPS) is 13.3. The van der Waals surface area contributed by atoms with E-state index in [1.54, 1.807) is 29.2 Å². The fraction of sp³-hybridized carbons (Fsp3) is 0.316. The molecule has 3 aromatic rings. The maximum atomic E-state index is 10.1. The molecule has 1 aromatic carbocycles. The zero-order chi connectivity index (χ0) is 20.1. The van der Waals surface area contributed by atoms with Crippen molar-refractivity contribution >= 4 is 11.6 Å². The molecule has 0 aliphatic rings. The Balaban J connectivity index is 1.74. The van der Waals surface area contributed by atoms with Gasteiger partial charge in [0.2, 0.25) is 5.95 Å². The summed E-state index contributed by atoms with van der Waals surface area (Å²) in [4.78, 5) is 8.90. The summed E-state index contributed by atoms with van der Waals surface area (Å²) in [6, 6.07) is 7.31. The van der Waals surface area contributed by atoms with E-state index in [9.17, 15) is 10.2 Å². The number of aliphatic hydroxyl groups excluding tert-OH is 3. The van der Waals surface area contributed by atoms with E-state index < -0.39 is 12.3 Å². The molecule has 5 N–H and O–H groups in total. The van der Waals surface area contributed by atoms with Gasteiger partial charge in [-0.1, -0.05) is 24.3 Å². The summed E-state index contributed by atoms with van der Waals surface area (Å²) in [5.74, 6) is 0.470. The van der Waals surface area contributed by atoms with Crippen molar-refractivity contribution in [3.05, 3.63) is 54.0 Å². The van der Waals surface area contributed by atoms with E-state index in [0.29, 0.717) is 11.5 Å². The fourth-order valence-electron chi connectivity index (χ4n) is 2.66. The van der Waals surface area contributed by atoms with Crippen LogP contribution < -0.4 is 10.6 Å². The molecule has 148 valence electrons. The molecule has 2 aromatic heterocycles. The zero-order valence-corrected chi connectivity index (χ0v) is 15.7. The smallest absolute Gasteiger partial charge is 0.227 e. The van der Waals surface area contributed by atoms with Crippen molar-refractivity contribution in [1.29, 1.82) is 0 Å². The van der Waals surface area contributed by atoms with E-state index >= 15 is 0 Å². The van der Waals surface area contributed by atoms with Gasteiger partial charge in [0.05, 0.1) is 30.3 Å². The van der Waals surface area contributed by atoms with Gasteiger partial charge >= 0.3 is 0 Å². The SMILES string of the molecule is Cc1cnc(Nc2cnn(C)c2)nc1-c1ccc(C(O)NCC(O)CO)cc1. The second-order valence-electron chi connectivity index (χ2n) is 6.52. The maximum absolute atomic E-state index is 10.1. The first-order valence-electron chi connectivity index (χ1n) is 8.86. The number of aryl methyl sites for hydroxylation is 2. The lowest BCUT2D eigenvalue weighted by Crippen LogP contribution is -2.32. The monoisotopic (exact) mass is 384 g/mol. The molecule has 9 nitrogen and oxygen atoms in total. The molecule has 0 aliphatic carbocycles. The first-order chi connectivity index (χ1) is 13.5. The quantitative estimate of drug-likeness (QED) is 0.362. The summed E-state index contributed by atoms with van der Waals surface area (Å²) in [6.07, 6.45) is 3.43. The fourth-order valence-corrected chi connectivity index (χ4v) is 2.66. The van der Waals surface area contributed by atoms with Gasteiger partial charge in [-0.3, -0.25) is 10.00 Å². The number of hydrogen-bond donors (Lipinski definition) is 5. The Labute approximate surface area is 162 Å². The van der Waals surface area contributed by atoms with Gasteiger partial charge in [-0.25, -0.2) is 9.97 Å². The van der Waals surface area contributed by atoms with Gasteiger partial charge in [0.25, 0.3) is 0 Å². The second-order valence-corrected chi connectivity index (χ2v) is 6.52. The molecule has 0 fully saturated rings. The van der Waals surface area contributed by atoms with E-state index in [4.69, 9.17) is 5.11 Å². The van der Waals surface area contributed by atoms with Crippen LogP contribution in [-0.4, -0.2) is 54.3 Å². The molecular formula is C19H24N6O3. The first-order valence-corrected chi connectivity index (χ1v) is 8.86. The molecule has 0 bridgehead atoms. The minimum atomic E-state index is -0.940. The highest BCUT2D eigenvalue weighted by atomic mass is 16.3. The topological polar surface area (TPSA) is 128 Å². The predicted molar refractivity (Wildman–Crippen MR) is 105 cm³/mol. The lowest BCUT2D eigenvalue weighted by atomic mass is 10.1.